The van der Waals surface area contributed by atoms with E-state index in [1.54, 1.807) is 0 Å². The van der Waals surface area contributed by atoms with Crippen LogP contribution in [0.15, 0.2) is 186 Å². The van der Waals surface area contributed by atoms with Crippen LogP contribution in [0.2, 0.25) is 0 Å². The van der Waals surface area contributed by atoms with Crippen molar-refractivity contribution in [1.82, 2.24) is 4.98 Å². The standard InChI is InChI=1S/C52H36N2O/c1-52(2)44-18-10-9-16-40(44)43-32-39(28-30-45(43)52)54(38-26-22-34(23-27-38)33-12-5-3-6-13-33)47-19-11-17-42-41(47)29-24-35-20-21-36-25-31-46-50(49(36)48(35)42)55-51(53-46)37-14-7-4-8-15-37/h3-32H,1-2H3. The van der Waals surface area contributed by atoms with Crippen LogP contribution in [0.5, 0.6) is 0 Å². The first-order chi connectivity index (χ1) is 27.0. The Morgan fingerprint density at radius 3 is 1.91 bits per heavy atom. The molecule has 1 aliphatic carbocycles. The van der Waals surface area contributed by atoms with Gasteiger partial charge in [0.05, 0.1) is 5.69 Å². The van der Waals surface area contributed by atoms with E-state index in [0.29, 0.717) is 5.89 Å². The van der Waals surface area contributed by atoms with Crippen molar-refractivity contribution in [2.45, 2.75) is 19.3 Å². The molecule has 9 aromatic carbocycles. The highest BCUT2D eigenvalue weighted by Gasteiger charge is 2.35. The number of benzene rings is 9. The molecular weight excluding hydrogens is 669 g/mol. The van der Waals surface area contributed by atoms with Crippen molar-refractivity contribution in [3.63, 3.8) is 0 Å². The molecule has 260 valence electrons. The second-order valence-corrected chi connectivity index (χ2v) is 15.1. The highest BCUT2D eigenvalue weighted by atomic mass is 16.3. The van der Waals surface area contributed by atoms with E-state index in [0.717, 1.165) is 55.3 Å². The maximum absolute atomic E-state index is 6.65. The number of anilines is 3. The van der Waals surface area contributed by atoms with Crippen molar-refractivity contribution in [2.24, 2.45) is 0 Å². The van der Waals surface area contributed by atoms with Crippen LogP contribution in [-0.2, 0) is 5.41 Å². The normalized spacial score (nSPS) is 13.1. The maximum Gasteiger partial charge on any atom is 0.227 e. The fraction of sp³-hybridized carbons (Fsp3) is 0.0577. The maximum atomic E-state index is 6.65. The number of nitrogens with zero attached hydrogens (tertiary/aromatic N) is 2. The van der Waals surface area contributed by atoms with Gasteiger partial charge in [0.1, 0.15) is 5.52 Å². The molecule has 0 N–H and O–H groups in total. The molecule has 1 aliphatic rings. The van der Waals surface area contributed by atoms with Gasteiger partial charge in [-0.05, 0) is 98.1 Å². The first-order valence-corrected chi connectivity index (χ1v) is 19.0. The van der Waals surface area contributed by atoms with Crippen molar-refractivity contribution in [1.29, 1.82) is 0 Å². The summed E-state index contributed by atoms with van der Waals surface area (Å²) in [6.07, 6.45) is 0. The number of hydrogen-bond acceptors (Lipinski definition) is 3. The fourth-order valence-corrected chi connectivity index (χ4v) is 8.97. The summed E-state index contributed by atoms with van der Waals surface area (Å²) in [7, 11) is 0. The lowest BCUT2D eigenvalue weighted by Gasteiger charge is -2.28. The molecular formula is C52H36N2O. The Kier molecular flexibility index (Phi) is 6.90. The van der Waals surface area contributed by atoms with Gasteiger partial charge < -0.3 is 9.32 Å². The minimum absolute atomic E-state index is 0.0710. The average molecular weight is 705 g/mol. The zero-order chi connectivity index (χ0) is 36.7. The van der Waals surface area contributed by atoms with Gasteiger partial charge in [0, 0.05) is 38.5 Å². The zero-order valence-electron chi connectivity index (χ0n) is 30.6. The van der Waals surface area contributed by atoms with Crippen LogP contribution in [-0.4, -0.2) is 4.98 Å². The summed E-state index contributed by atoms with van der Waals surface area (Å²) >= 11 is 0. The first-order valence-electron chi connectivity index (χ1n) is 19.0. The van der Waals surface area contributed by atoms with Crippen LogP contribution in [0.25, 0.3) is 77.1 Å². The van der Waals surface area contributed by atoms with Crippen LogP contribution in [0, 0.1) is 0 Å². The Labute approximate surface area is 319 Å². The van der Waals surface area contributed by atoms with Gasteiger partial charge in [-0.15, -0.1) is 0 Å². The smallest absolute Gasteiger partial charge is 0.227 e. The molecule has 0 aliphatic heterocycles. The summed E-state index contributed by atoms with van der Waals surface area (Å²) in [5.74, 6) is 0.632. The predicted molar refractivity (Wildman–Crippen MR) is 230 cm³/mol. The summed E-state index contributed by atoms with van der Waals surface area (Å²) in [5.41, 5.74) is 13.6. The van der Waals surface area contributed by atoms with Gasteiger partial charge in [-0.3, -0.25) is 0 Å². The highest BCUT2D eigenvalue weighted by molar-refractivity contribution is 6.27. The molecule has 3 heteroatoms. The van der Waals surface area contributed by atoms with E-state index in [1.807, 2.05) is 30.3 Å². The van der Waals surface area contributed by atoms with Crippen LogP contribution in [0.3, 0.4) is 0 Å². The van der Waals surface area contributed by atoms with E-state index >= 15 is 0 Å². The molecule has 0 atom stereocenters. The molecule has 0 saturated heterocycles. The zero-order valence-corrected chi connectivity index (χ0v) is 30.6. The molecule has 0 saturated carbocycles. The number of oxazole rings is 1. The van der Waals surface area contributed by atoms with Crippen molar-refractivity contribution < 1.29 is 4.42 Å². The second-order valence-electron chi connectivity index (χ2n) is 15.1. The highest BCUT2D eigenvalue weighted by Crippen LogP contribution is 2.51. The van der Waals surface area contributed by atoms with Crippen molar-refractivity contribution in [2.75, 3.05) is 4.90 Å². The quantitative estimate of drug-likeness (QED) is 0.167. The SMILES string of the molecule is CC1(C)c2ccccc2-c2cc(N(c3ccc(-c4ccccc4)cc3)c3cccc4c3ccc3ccc5ccc6nc(-c7ccccc7)oc6c5c34)ccc21. The summed E-state index contributed by atoms with van der Waals surface area (Å²) in [6.45, 7) is 4.68. The molecule has 1 aromatic heterocycles. The third-order valence-electron chi connectivity index (χ3n) is 11.7. The van der Waals surface area contributed by atoms with Gasteiger partial charge in [-0.1, -0.05) is 147 Å². The molecule has 3 nitrogen and oxygen atoms in total. The molecule has 0 spiro atoms. The van der Waals surface area contributed by atoms with Crippen LogP contribution in [0.4, 0.5) is 17.1 Å². The molecule has 55 heavy (non-hydrogen) atoms. The van der Waals surface area contributed by atoms with Crippen molar-refractivity contribution >= 4 is 60.5 Å². The monoisotopic (exact) mass is 704 g/mol. The third-order valence-corrected chi connectivity index (χ3v) is 11.7. The molecule has 10 aromatic rings. The van der Waals surface area contributed by atoms with E-state index in [1.165, 1.54) is 44.2 Å². The van der Waals surface area contributed by atoms with Crippen LogP contribution >= 0.6 is 0 Å². The van der Waals surface area contributed by atoms with E-state index in [9.17, 15) is 0 Å². The number of aromatic nitrogens is 1. The Balaban J connectivity index is 1.16. The molecule has 0 fully saturated rings. The molecule has 1 heterocycles. The Morgan fingerprint density at radius 2 is 1.11 bits per heavy atom. The summed E-state index contributed by atoms with van der Waals surface area (Å²) in [5, 5.41) is 6.88. The topological polar surface area (TPSA) is 29.3 Å². The number of hydrogen-bond donors (Lipinski definition) is 0. The lowest BCUT2D eigenvalue weighted by atomic mass is 9.82. The molecule has 0 amide bonds. The summed E-state index contributed by atoms with van der Waals surface area (Å²) < 4.78 is 6.65. The second kappa shape index (κ2) is 12.0. The molecule has 0 unspecified atom stereocenters. The molecule has 0 bridgehead atoms. The molecule has 0 radical (unpaired) electrons. The average Bonchev–Trinajstić information content (AvgIpc) is 3.78. The minimum Gasteiger partial charge on any atom is -0.435 e. The Hall–Kier alpha value is -6.97. The van der Waals surface area contributed by atoms with E-state index < -0.39 is 0 Å². The van der Waals surface area contributed by atoms with Gasteiger partial charge >= 0.3 is 0 Å². The van der Waals surface area contributed by atoms with E-state index in [2.05, 4.69) is 170 Å². The lowest BCUT2D eigenvalue weighted by Crippen LogP contribution is -2.15. The van der Waals surface area contributed by atoms with Gasteiger partial charge in [-0.25, -0.2) is 4.98 Å². The lowest BCUT2D eigenvalue weighted by molar-refractivity contribution is 0.623. The largest absolute Gasteiger partial charge is 0.435 e. The van der Waals surface area contributed by atoms with Gasteiger partial charge in [-0.2, -0.15) is 0 Å². The van der Waals surface area contributed by atoms with E-state index in [4.69, 9.17) is 9.40 Å². The van der Waals surface area contributed by atoms with Crippen LogP contribution < -0.4 is 4.90 Å². The summed E-state index contributed by atoms with van der Waals surface area (Å²) in [4.78, 5) is 7.38. The fourth-order valence-electron chi connectivity index (χ4n) is 8.97. The van der Waals surface area contributed by atoms with Crippen LogP contribution in [0.1, 0.15) is 25.0 Å². The Bertz CT molecular complexity index is 3110. The Morgan fingerprint density at radius 1 is 0.473 bits per heavy atom. The van der Waals surface area contributed by atoms with Gasteiger partial charge in [0.15, 0.2) is 5.58 Å². The third kappa shape index (κ3) is 4.86. The van der Waals surface area contributed by atoms with Crippen molar-refractivity contribution in [3.05, 3.63) is 193 Å². The van der Waals surface area contributed by atoms with Gasteiger partial charge in [0.25, 0.3) is 0 Å². The molecule has 11 rings (SSSR count). The number of fused-ring (bicyclic) bond motifs is 10. The minimum atomic E-state index is -0.0710. The van der Waals surface area contributed by atoms with Gasteiger partial charge in [0.2, 0.25) is 5.89 Å². The van der Waals surface area contributed by atoms with Crippen molar-refractivity contribution in [3.8, 4) is 33.7 Å². The van der Waals surface area contributed by atoms with E-state index in [-0.39, 0.29) is 5.41 Å². The predicted octanol–water partition coefficient (Wildman–Crippen LogP) is 14.4. The first kappa shape index (κ1) is 31.5. The number of rotatable bonds is 5. The summed E-state index contributed by atoms with van der Waals surface area (Å²) in [6, 6.07) is 65.6.